The van der Waals surface area contributed by atoms with Crippen LogP contribution in [0, 0.1) is 0 Å². The molecule has 0 aliphatic carbocycles. The zero-order chi connectivity index (χ0) is 18.3. The van der Waals surface area contributed by atoms with Crippen molar-refractivity contribution >= 4 is 17.7 Å². The van der Waals surface area contributed by atoms with Gasteiger partial charge in [0, 0.05) is 17.2 Å². The van der Waals surface area contributed by atoms with Gasteiger partial charge in [0.25, 0.3) is 0 Å². The van der Waals surface area contributed by atoms with Crippen LogP contribution < -0.4 is 24.3 Å². The molecule has 6 nitrogen and oxygen atoms in total. The molecule has 0 unspecified atom stereocenters. The zero-order valence-corrected chi connectivity index (χ0v) is 14.8. The molecule has 2 heterocycles. The van der Waals surface area contributed by atoms with E-state index in [1.54, 1.807) is 20.3 Å². The summed E-state index contributed by atoms with van der Waals surface area (Å²) < 4.78 is 22.8. The Kier molecular flexibility index (Phi) is 3.95. The van der Waals surface area contributed by atoms with Crippen LogP contribution in [0.2, 0.25) is 0 Å². The van der Waals surface area contributed by atoms with Crippen molar-refractivity contribution in [1.29, 1.82) is 0 Å². The summed E-state index contributed by atoms with van der Waals surface area (Å²) in [5.41, 5.74) is 3.23. The van der Waals surface area contributed by atoms with E-state index in [0.29, 0.717) is 47.5 Å². The quantitative estimate of drug-likeness (QED) is 0.913. The van der Waals surface area contributed by atoms with E-state index in [2.05, 4.69) is 5.32 Å². The fourth-order valence-electron chi connectivity index (χ4n) is 3.30. The average molecular weight is 353 g/mol. The molecule has 4 rings (SSSR count). The van der Waals surface area contributed by atoms with Crippen LogP contribution in [0.4, 0.5) is 0 Å². The highest BCUT2D eigenvalue weighted by Gasteiger charge is 2.29. The van der Waals surface area contributed by atoms with Crippen LogP contribution in [0.1, 0.15) is 23.6 Å². The summed E-state index contributed by atoms with van der Waals surface area (Å²) in [4.78, 5) is 12.1. The minimum Gasteiger partial charge on any atom is -0.493 e. The van der Waals surface area contributed by atoms with E-state index in [0.717, 1.165) is 16.7 Å². The van der Waals surface area contributed by atoms with Gasteiger partial charge in [-0.2, -0.15) is 0 Å². The van der Waals surface area contributed by atoms with Crippen LogP contribution in [0.25, 0.3) is 11.8 Å². The van der Waals surface area contributed by atoms with Gasteiger partial charge >= 0.3 is 0 Å². The Morgan fingerprint density at radius 1 is 1.12 bits per heavy atom. The molecular formula is C20H19NO5. The van der Waals surface area contributed by atoms with Crippen LogP contribution >= 0.6 is 0 Å². The van der Waals surface area contributed by atoms with E-state index in [-0.39, 0.29) is 5.91 Å². The number of benzene rings is 2. The monoisotopic (exact) mass is 353 g/mol. The van der Waals surface area contributed by atoms with E-state index in [4.69, 9.17) is 18.9 Å². The van der Waals surface area contributed by atoms with Gasteiger partial charge in [-0.05, 0) is 30.7 Å². The first-order valence-corrected chi connectivity index (χ1v) is 8.39. The molecule has 2 aromatic carbocycles. The lowest BCUT2D eigenvalue weighted by Crippen LogP contribution is -2.29. The van der Waals surface area contributed by atoms with E-state index in [9.17, 15) is 4.79 Å². The van der Waals surface area contributed by atoms with Crippen LogP contribution in [0.5, 0.6) is 28.7 Å². The Morgan fingerprint density at radius 3 is 2.62 bits per heavy atom. The fourth-order valence-corrected chi connectivity index (χ4v) is 3.30. The maximum atomic E-state index is 12.1. The van der Waals surface area contributed by atoms with Gasteiger partial charge < -0.3 is 24.3 Å². The summed E-state index contributed by atoms with van der Waals surface area (Å²) >= 11 is 0. The number of carbonyl (C=O) groups excluding carboxylic acids is 1. The summed E-state index contributed by atoms with van der Waals surface area (Å²) in [5, 5.41) is 2.95. The highest BCUT2D eigenvalue weighted by atomic mass is 16.5. The van der Waals surface area contributed by atoms with Crippen molar-refractivity contribution in [2.75, 3.05) is 20.8 Å². The molecule has 0 saturated carbocycles. The minimum atomic E-state index is -0.0530. The third-order valence-electron chi connectivity index (χ3n) is 4.43. The van der Waals surface area contributed by atoms with Gasteiger partial charge in [0.15, 0.2) is 23.0 Å². The first-order valence-electron chi connectivity index (χ1n) is 8.39. The van der Waals surface area contributed by atoms with Gasteiger partial charge in [-0.1, -0.05) is 6.07 Å². The van der Waals surface area contributed by atoms with Gasteiger partial charge in [-0.3, -0.25) is 4.79 Å². The number of carbonyl (C=O) groups is 1. The molecule has 0 bridgehead atoms. The molecule has 1 N–H and O–H groups in total. The molecule has 0 fully saturated rings. The molecule has 2 aromatic rings. The van der Waals surface area contributed by atoms with E-state index in [1.807, 2.05) is 31.2 Å². The van der Waals surface area contributed by atoms with E-state index < -0.39 is 0 Å². The van der Waals surface area contributed by atoms with Crippen molar-refractivity contribution in [2.24, 2.45) is 0 Å². The van der Waals surface area contributed by atoms with Crippen molar-refractivity contribution in [2.45, 2.75) is 13.3 Å². The Hall–Kier alpha value is -3.15. The predicted octanol–water partition coefficient (Wildman–Crippen LogP) is 3.38. The highest BCUT2D eigenvalue weighted by Crippen LogP contribution is 2.47. The summed E-state index contributed by atoms with van der Waals surface area (Å²) in [6.45, 7) is 2.43. The predicted molar refractivity (Wildman–Crippen MR) is 96.9 cm³/mol. The molecule has 1 amide bonds. The van der Waals surface area contributed by atoms with Crippen molar-refractivity contribution in [3.8, 4) is 28.7 Å². The van der Waals surface area contributed by atoms with Crippen LogP contribution in [-0.2, 0) is 11.2 Å². The Bertz CT molecular complexity index is 932. The standard InChI is InChI=1S/C20H19NO5/c1-4-25-14-6-5-11-9-18(22)21-13-7-12-8-16(23-2)17(24-3)10-15(12)26-20(14)19(11)13/h5-8,10H,4,9H2,1-3H3,(H,21,22). The second-order valence-electron chi connectivity index (χ2n) is 5.99. The second kappa shape index (κ2) is 6.29. The summed E-state index contributed by atoms with van der Waals surface area (Å²) in [6.07, 6.45) is 2.19. The summed E-state index contributed by atoms with van der Waals surface area (Å²) in [5.74, 6) is 2.94. The van der Waals surface area contributed by atoms with Crippen molar-refractivity contribution < 1.29 is 23.7 Å². The molecule has 0 saturated heterocycles. The Balaban J connectivity index is 1.97. The number of methoxy groups -OCH3 is 2. The van der Waals surface area contributed by atoms with E-state index in [1.165, 1.54) is 0 Å². The lowest BCUT2D eigenvalue weighted by Gasteiger charge is -2.23. The first-order chi connectivity index (χ1) is 12.6. The van der Waals surface area contributed by atoms with Gasteiger partial charge in [0.1, 0.15) is 5.75 Å². The third-order valence-corrected chi connectivity index (χ3v) is 4.43. The fraction of sp³-hybridized carbons (Fsp3) is 0.250. The van der Waals surface area contributed by atoms with Gasteiger partial charge in [-0.15, -0.1) is 0 Å². The molecule has 0 atom stereocenters. The number of nitrogens with one attached hydrogen (secondary N) is 1. The minimum absolute atomic E-state index is 0.0530. The highest BCUT2D eigenvalue weighted by molar-refractivity contribution is 6.01. The topological polar surface area (TPSA) is 66.0 Å². The number of fused-ring (bicyclic) bond motifs is 1. The third kappa shape index (κ3) is 2.54. The number of rotatable bonds is 4. The molecule has 2 aliphatic rings. The number of hydrogen-bond donors (Lipinski definition) is 1. The Labute approximate surface area is 151 Å². The van der Waals surface area contributed by atoms with E-state index >= 15 is 0 Å². The van der Waals surface area contributed by atoms with Crippen LogP contribution in [0.3, 0.4) is 0 Å². The molecule has 2 aliphatic heterocycles. The van der Waals surface area contributed by atoms with Gasteiger partial charge in [0.05, 0.1) is 32.9 Å². The van der Waals surface area contributed by atoms with Crippen LogP contribution in [-0.4, -0.2) is 26.7 Å². The van der Waals surface area contributed by atoms with Crippen molar-refractivity contribution in [3.05, 3.63) is 41.0 Å². The van der Waals surface area contributed by atoms with Gasteiger partial charge in [0.2, 0.25) is 5.91 Å². The molecule has 26 heavy (non-hydrogen) atoms. The molecule has 134 valence electrons. The smallest absolute Gasteiger partial charge is 0.228 e. The second-order valence-corrected chi connectivity index (χ2v) is 5.99. The maximum Gasteiger partial charge on any atom is 0.228 e. The largest absolute Gasteiger partial charge is 0.493 e. The normalized spacial score (nSPS) is 14.1. The zero-order valence-electron chi connectivity index (χ0n) is 14.8. The molecule has 0 aromatic heterocycles. The molecule has 6 heteroatoms. The summed E-state index contributed by atoms with van der Waals surface area (Å²) in [6, 6.07) is 7.36. The van der Waals surface area contributed by atoms with Crippen molar-refractivity contribution in [3.63, 3.8) is 0 Å². The first kappa shape index (κ1) is 16.3. The lowest BCUT2D eigenvalue weighted by molar-refractivity contribution is -0.119. The van der Waals surface area contributed by atoms with Crippen molar-refractivity contribution in [1.82, 2.24) is 5.32 Å². The summed E-state index contributed by atoms with van der Waals surface area (Å²) in [7, 11) is 3.16. The number of amides is 1. The SMILES string of the molecule is CCOc1ccc2c3c1Oc1cc(OC)c(OC)cc1C=C3NC(=O)C2. The van der Waals surface area contributed by atoms with Crippen LogP contribution in [0.15, 0.2) is 24.3 Å². The van der Waals surface area contributed by atoms with Gasteiger partial charge in [-0.25, -0.2) is 0 Å². The molecule has 0 radical (unpaired) electrons. The molecule has 0 spiro atoms. The average Bonchev–Trinajstić information content (AvgIpc) is 2.79. The number of ether oxygens (including phenoxy) is 4. The Morgan fingerprint density at radius 2 is 1.88 bits per heavy atom. The number of hydrogen-bond acceptors (Lipinski definition) is 5. The maximum absolute atomic E-state index is 12.1. The lowest BCUT2D eigenvalue weighted by atomic mass is 9.95. The molecular weight excluding hydrogens is 334 g/mol.